The van der Waals surface area contributed by atoms with Gasteiger partial charge in [-0.3, -0.25) is 14.4 Å². The molecule has 1 aromatic heterocycles. The van der Waals surface area contributed by atoms with Crippen molar-refractivity contribution >= 4 is 52.6 Å². The Labute approximate surface area is 317 Å². The quantitative estimate of drug-likeness (QED) is 0.0761. The predicted molar refractivity (Wildman–Crippen MR) is 205 cm³/mol. The lowest BCUT2D eigenvalue weighted by molar-refractivity contribution is -0.136. The van der Waals surface area contributed by atoms with Crippen molar-refractivity contribution in [2.75, 3.05) is 29.0 Å². The van der Waals surface area contributed by atoms with Gasteiger partial charge in [0.1, 0.15) is 12.4 Å². The average molecular weight is 751 g/mol. The molecule has 12 nitrogen and oxygen atoms in total. The van der Waals surface area contributed by atoms with Crippen molar-refractivity contribution < 1.29 is 23.5 Å². The number of anilines is 4. The monoisotopic (exact) mass is 750 g/mol. The van der Waals surface area contributed by atoms with Crippen LogP contribution in [0.2, 0.25) is 5.02 Å². The molecule has 54 heavy (non-hydrogen) atoms. The number of aryl methyl sites for hydroxylation is 1. The Bertz CT molecular complexity index is 2130. The smallest absolute Gasteiger partial charge is 0.323 e. The van der Waals surface area contributed by atoms with Crippen molar-refractivity contribution in [1.29, 1.82) is 0 Å². The number of halogens is 2. The third-order valence-corrected chi connectivity index (χ3v) is 9.05. The lowest BCUT2D eigenvalue weighted by atomic mass is 9.93. The van der Waals surface area contributed by atoms with Crippen molar-refractivity contribution in [2.45, 2.75) is 45.8 Å². The molecule has 4 aromatic carbocycles. The first-order valence-electron chi connectivity index (χ1n) is 17.3. The normalized spacial score (nSPS) is 13.0. The Morgan fingerprint density at radius 1 is 0.796 bits per heavy atom. The minimum absolute atomic E-state index is 0.00754. The van der Waals surface area contributed by atoms with E-state index in [1.54, 1.807) is 54.6 Å². The first-order valence-corrected chi connectivity index (χ1v) is 17.7. The molecule has 0 radical (unpaired) electrons. The third-order valence-electron chi connectivity index (χ3n) is 8.80. The summed E-state index contributed by atoms with van der Waals surface area (Å²) in [5.74, 6) is -1.81. The van der Waals surface area contributed by atoms with Gasteiger partial charge in [-0.1, -0.05) is 73.5 Å². The van der Waals surface area contributed by atoms with Crippen LogP contribution in [0.15, 0.2) is 97.1 Å². The van der Waals surface area contributed by atoms with Gasteiger partial charge in [0, 0.05) is 40.6 Å². The zero-order chi connectivity index (χ0) is 38.3. The minimum Gasteiger partial charge on any atom is -0.458 e. The molecule has 14 heteroatoms. The lowest BCUT2D eigenvalue weighted by Gasteiger charge is -2.25. The van der Waals surface area contributed by atoms with E-state index >= 15 is 0 Å². The van der Waals surface area contributed by atoms with Gasteiger partial charge < -0.3 is 31.3 Å². The highest BCUT2D eigenvalue weighted by molar-refractivity contribution is 6.39. The van der Waals surface area contributed by atoms with E-state index in [0.717, 1.165) is 24.0 Å². The summed E-state index contributed by atoms with van der Waals surface area (Å²) in [6, 6.07) is 27.7. The standard InChI is InChI=1S/C40H40ClFN8O4/c1-25-8-16-30(17-9-25)45-35(53)34(52)44-24-39(2,3)23-43-33(51)26-10-18-31(19-11-26)46-36-47-37(50-40(20-21-40)28-12-14-29(41)15-13-28)49-38(48-36)54-22-27-6-4-5-7-32(27)42/h4-19H,20-24H2,1-3H3,(H,43,51)(H,44,52)(H,45,53)(H2,46,47,48,49,50). The highest BCUT2D eigenvalue weighted by atomic mass is 35.5. The molecule has 5 aromatic rings. The molecule has 0 aliphatic heterocycles. The fourth-order valence-electron chi connectivity index (χ4n) is 5.43. The first kappa shape index (κ1) is 37.7. The van der Waals surface area contributed by atoms with E-state index in [9.17, 15) is 18.8 Å². The van der Waals surface area contributed by atoms with E-state index in [-0.39, 0.29) is 49.0 Å². The molecule has 0 atom stereocenters. The second-order valence-corrected chi connectivity index (χ2v) is 14.3. The van der Waals surface area contributed by atoms with E-state index in [4.69, 9.17) is 16.3 Å². The van der Waals surface area contributed by atoms with Gasteiger partial charge in [-0.25, -0.2) is 4.39 Å². The van der Waals surface area contributed by atoms with Crippen LogP contribution < -0.4 is 31.3 Å². The van der Waals surface area contributed by atoms with Crippen LogP contribution in [0.1, 0.15) is 53.7 Å². The Morgan fingerprint density at radius 2 is 1.44 bits per heavy atom. The number of carbonyl (C=O) groups is 3. The number of hydrogen-bond acceptors (Lipinski definition) is 9. The Balaban J connectivity index is 1.07. The third kappa shape index (κ3) is 10.1. The largest absolute Gasteiger partial charge is 0.458 e. The second-order valence-electron chi connectivity index (χ2n) is 13.9. The predicted octanol–water partition coefficient (Wildman–Crippen LogP) is 6.91. The summed E-state index contributed by atoms with van der Waals surface area (Å²) < 4.78 is 20.1. The van der Waals surface area contributed by atoms with Crippen molar-refractivity contribution in [3.8, 4) is 6.01 Å². The number of aromatic nitrogens is 3. The molecule has 278 valence electrons. The van der Waals surface area contributed by atoms with Crippen LogP contribution in [-0.4, -0.2) is 45.8 Å². The van der Waals surface area contributed by atoms with Crippen LogP contribution in [0.25, 0.3) is 0 Å². The van der Waals surface area contributed by atoms with Crippen LogP contribution in [0.5, 0.6) is 6.01 Å². The van der Waals surface area contributed by atoms with Gasteiger partial charge in [-0.2, -0.15) is 15.0 Å². The number of rotatable bonds is 14. The summed E-state index contributed by atoms with van der Waals surface area (Å²) in [6.07, 6.45) is 1.71. The topological polar surface area (TPSA) is 159 Å². The molecule has 1 aliphatic carbocycles. The number of nitrogens with zero attached hydrogens (tertiary/aromatic N) is 3. The van der Waals surface area contributed by atoms with Gasteiger partial charge in [-0.15, -0.1) is 0 Å². The Morgan fingerprint density at radius 3 is 2.13 bits per heavy atom. The van der Waals surface area contributed by atoms with E-state index in [1.165, 1.54) is 6.07 Å². The maximum atomic E-state index is 14.3. The van der Waals surface area contributed by atoms with Crippen molar-refractivity contribution in [1.82, 2.24) is 25.6 Å². The van der Waals surface area contributed by atoms with Crippen LogP contribution >= 0.6 is 11.6 Å². The van der Waals surface area contributed by atoms with Crippen molar-refractivity contribution in [3.63, 3.8) is 0 Å². The summed E-state index contributed by atoms with van der Waals surface area (Å²) in [7, 11) is 0. The van der Waals surface area contributed by atoms with Gasteiger partial charge in [0.15, 0.2) is 0 Å². The number of carbonyl (C=O) groups excluding carboxylic acids is 3. The molecule has 1 fully saturated rings. The van der Waals surface area contributed by atoms with Crippen LogP contribution in [0, 0.1) is 18.2 Å². The molecular formula is C40H40ClFN8O4. The van der Waals surface area contributed by atoms with E-state index in [0.29, 0.717) is 27.5 Å². The summed E-state index contributed by atoms with van der Waals surface area (Å²) >= 11 is 6.12. The molecule has 0 unspecified atom stereocenters. The number of hydrogen-bond donors (Lipinski definition) is 5. The highest BCUT2D eigenvalue weighted by Gasteiger charge is 2.45. The van der Waals surface area contributed by atoms with Crippen molar-refractivity contribution in [2.24, 2.45) is 5.41 Å². The Kier molecular flexibility index (Phi) is 11.4. The van der Waals surface area contributed by atoms with E-state index < -0.39 is 23.0 Å². The molecule has 1 saturated carbocycles. The van der Waals surface area contributed by atoms with E-state index in [1.807, 2.05) is 57.2 Å². The SMILES string of the molecule is Cc1ccc(NC(=O)C(=O)NCC(C)(C)CNC(=O)c2ccc(Nc3nc(NC4(c5ccc(Cl)cc5)CC4)nc(OCc4ccccc4F)n3)cc2)cc1. The summed E-state index contributed by atoms with van der Waals surface area (Å²) in [5, 5.41) is 15.3. The lowest BCUT2D eigenvalue weighted by Crippen LogP contribution is -2.44. The number of ether oxygens (including phenoxy) is 1. The summed E-state index contributed by atoms with van der Waals surface area (Å²) in [5.41, 5.74) is 3.02. The number of benzene rings is 4. The second kappa shape index (κ2) is 16.3. The maximum absolute atomic E-state index is 14.3. The van der Waals surface area contributed by atoms with E-state index in [2.05, 4.69) is 41.5 Å². The van der Waals surface area contributed by atoms with Crippen LogP contribution in [0.3, 0.4) is 0 Å². The molecule has 1 aliphatic rings. The molecule has 6 rings (SSSR count). The molecule has 0 spiro atoms. The van der Waals surface area contributed by atoms with Gasteiger partial charge in [0.05, 0.1) is 5.54 Å². The average Bonchev–Trinajstić information content (AvgIpc) is 3.94. The van der Waals surface area contributed by atoms with Crippen molar-refractivity contribution in [3.05, 3.63) is 130 Å². The molecule has 1 heterocycles. The molecule has 5 N–H and O–H groups in total. The van der Waals surface area contributed by atoms with Crippen LogP contribution in [0.4, 0.5) is 27.7 Å². The first-order chi connectivity index (χ1) is 25.9. The van der Waals surface area contributed by atoms with Gasteiger partial charge in [-0.05, 0) is 85.3 Å². The number of amides is 3. The molecule has 3 amide bonds. The van der Waals surface area contributed by atoms with Gasteiger partial charge in [0.25, 0.3) is 5.91 Å². The van der Waals surface area contributed by atoms with Gasteiger partial charge in [0.2, 0.25) is 11.9 Å². The Hall–Kier alpha value is -6.08. The summed E-state index contributed by atoms with van der Waals surface area (Å²) in [4.78, 5) is 51.2. The zero-order valence-electron chi connectivity index (χ0n) is 30.0. The van der Waals surface area contributed by atoms with Gasteiger partial charge >= 0.3 is 17.8 Å². The zero-order valence-corrected chi connectivity index (χ0v) is 30.8. The minimum atomic E-state index is -0.770. The fraction of sp³-hybridized carbons (Fsp3) is 0.250. The molecule has 0 bridgehead atoms. The molecule has 0 saturated heterocycles. The number of nitrogens with one attached hydrogen (secondary N) is 5. The van der Waals surface area contributed by atoms with Crippen LogP contribution in [-0.2, 0) is 21.7 Å². The summed E-state index contributed by atoms with van der Waals surface area (Å²) in [6.45, 7) is 5.97. The fourth-order valence-corrected chi connectivity index (χ4v) is 5.55. The maximum Gasteiger partial charge on any atom is 0.323 e. The highest BCUT2D eigenvalue weighted by Crippen LogP contribution is 2.48. The molecular weight excluding hydrogens is 711 g/mol.